The Hall–Kier alpha value is -1.25. The third kappa shape index (κ3) is 1.59. The monoisotopic (exact) mass is 180 g/mol. The molecule has 0 bridgehead atoms. The second kappa shape index (κ2) is 3.24. The molecule has 0 aliphatic carbocycles. The van der Waals surface area contributed by atoms with Crippen molar-refractivity contribution in [2.45, 2.75) is 12.6 Å². The van der Waals surface area contributed by atoms with Crippen LogP contribution in [0.2, 0.25) is 0 Å². The van der Waals surface area contributed by atoms with Gasteiger partial charge in [-0.1, -0.05) is 12.1 Å². The van der Waals surface area contributed by atoms with Crippen LogP contribution in [0.15, 0.2) is 24.3 Å². The summed E-state index contributed by atoms with van der Waals surface area (Å²) in [4.78, 5) is 2.00. The molecule has 3 heteroatoms. The lowest BCUT2D eigenvalue weighted by molar-refractivity contribution is 0.364. The van der Waals surface area contributed by atoms with E-state index in [2.05, 4.69) is 0 Å². The molecule has 1 aromatic carbocycles. The van der Waals surface area contributed by atoms with Crippen LogP contribution in [0, 0.1) is 0 Å². The number of benzene rings is 1. The molecule has 1 heterocycles. The summed E-state index contributed by atoms with van der Waals surface area (Å²) in [5.74, 6) is 0. The highest BCUT2D eigenvalue weighted by Gasteiger charge is 2.22. The Morgan fingerprint density at radius 2 is 2.15 bits per heavy atom. The van der Waals surface area contributed by atoms with Gasteiger partial charge in [0.25, 0.3) is 0 Å². The van der Waals surface area contributed by atoms with Crippen LogP contribution in [0.3, 0.4) is 0 Å². The molecule has 13 heavy (non-hydrogen) atoms. The largest absolute Gasteiger partial charge is 0.397 e. The van der Waals surface area contributed by atoms with Crippen molar-refractivity contribution in [3.63, 3.8) is 0 Å². The fourth-order valence-corrected chi connectivity index (χ4v) is 1.71. The summed E-state index contributed by atoms with van der Waals surface area (Å²) < 4.78 is 12.9. The molecule has 1 aromatic rings. The lowest BCUT2D eigenvalue weighted by atomic mass is 10.2. The third-order valence-electron chi connectivity index (χ3n) is 2.41. The van der Waals surface area contributed by atoms with Crippen LogP contribution in [0.1, 0.15) is 6.42 Å². The van der Waals surface area contributed by atoms with Crippen molar-refractivity contribution in [1.29, 1.82) is 0 Å². The molecular weight excluding hydrogens is 167 g/mol. The van der Waals surface area contributed by atoms with Gasteiger partial charge in [0.1, 0.15) is 6.17 Å². The van der Waals surface area contributed by atoms with Crippen molar-refractivity contribution in [1.82, 2.24) is 0 Å². The molecule has 2 N–H and O–H groups in total. The zero-order valence-corrected chi connectivity index (χ0v) is 7.41. The lowest BCUT2D eigenvalue weighted by Crippen LogP contribution is -2.20. The van der Waals surface area contributed by atoms with Gasteiger partial charge in [-0.2, -0.15) is 0 Å². The fraction of sp³-hybridized carbons (Fsp3) is 0.400. The first kappa shape index (κ1) is 8.35. The van der Waals surface area contributed by atoms with E-state index in [0.29, 0.717) is 13.0 Å². The summed E-state index contributed by atoms with van der Waals surface area (Å²) in [5.41, 5.74) is 7.48. The molecule has 1 fully saturated rings. The average molecular weight is 180 g/mol. The Morgan fingerprint density at radius 1 is 1.38 bits per heavy atom. The van der Waals surface area contributed by atoms with Crippen LogP contribution in [-0.2, 0) is 0 Å². The fourth-order valence-electron chi connectivity index (χ4n) is 1.71. The minimum atomic E-state index is -0.695. The summed E-state index contributed by atoms with van der Waals surface area (Å²) in [6.07, 6.45) is -0.0754. The van der Waals surface area contributed by atoms with Crippen molar-refractivity contribution in [3.05, 3.63) is 24.3 Å². The summed E-state index contributed by atoms with van der Waals surface area (Å²) in [7, 11) is 0. The van der Waals surface area contributed by atoms with Gasteiger partial charge < -0.3 is 10.6 Å². The van der Waals surface area contributed by atoms with Crippen LogP contribution < -0.4 is 10.6 Å². The first-order chi connectivity index (χ1) is 6.27. The van der Waals surface area contributed by atoms with E-state index in [-0.39, 0.29) is 0 Å². The van der Waals surface area contributed by atoms with E-state index in [9.17, 15) is 4.39 Å². The standard InChI is InChI=1S/C10H13FN2/c11-8-5-6-13(7-8)10-4-2-1-3-9(10)12/h1-4,8H,5-7,12H2/t8-/m0/s1. The van der Waals surface area contributed by atoms with Gasteiger partial charge in [-0.25, -0.2) is 4.39 Å². The van der Waals surface area contributed by atoms with Crippen molar-refractivity contribution in [3.8, 4) is 0 Å². The van der Waals surface area contributed by atoms with Crippen LogP contribution in [0.4, 0.5) is 15.8 Å². The zero-order valence-electron chi connectivity index (χ0n) is 7.41. The molecule has 2 nitrogen and oxygen atoms in total. The summed E-state index contributed by atoms with van der Waals surface area (Å²) >= 11 is 0. The van der Waals surface area contributed by atoms with Crippen molar-refractivity contribution in [2.24, 2.45) is 0 Å². The number of para-hydroxylation sites is 2. The molecular formula is C10H13FN2. The molecule has 0 aromatic heterocycles. The molecule has 0 unspecified atom stereocenters. The van der Waals surface area contributed by atoms with Crippen molar-refractivity contribution < 1.29 is 4.39 Å². The number of rotatable bonds is 1. The number of hydrogen-bond donors (Lipinski definition) is 1. The number of nitrogens with two attached hydrogens (primary N) is 1. The molecule has 2 rings (SSSR count). The maximum atomic E-state index is 12.9. The number of anilines is 2. The number of hydrogen-bond acceptors (Lipinski definition) is 2. The van der Waals surface area contributed by atoms with E-state index in [4.69, 9.17) is 5.73 Å². The van der Waals surface area contributed by atoms with Gasteiger partial charge in [0, 0.05) is 13.1 Å². The van der Waals surface area contributed by atoms with E-state index in [0.717, 1.165) is 17.9 Å². The highest BCUT2D eigenvalue weighted by atomic mass is 19.1. The summed E-state index contributed by atoms with van der Waals surface area (Å²) in [5, 5.41) is 0. The molecule has 0 spiro atoms. The molecule has 0 radical (unpaired) electrons. The van der Waals surface area contributed by atoms with E-state index in [1.54, 1.807) is 0 Å². The molecule has 1 atom stereocenters. The summed E-state index contributed by atoms with van der Waals surface area (Å²) in [6.45, 7) is 1.25. The van der Waals surface area contributed by atoms with E-state index in [1.807, 2.05) is 29.2 Å². The van der Waals surface area contributed by atoms with E-state index < -0.39 is 6.17 Å². The van der Waals surface area contributed by atoms with Gasteiger partial charge >= 0.3 is 0 Å². The van der Waals surface area contributed by atoms with Crippen molar-refractivity contribution >= 4 is 11.4 Å². The SMILES string of the molecule is Nc1ccccc1N1CC[C@H](F)C1. The topological polar surface area (TPSA) is 29.3 Å². The first-order valence-corrected chi connectivity index (χ1v) is 4.51. The number of nitrogen functional groups attached to an aromatic ring is 1. The Bertz CT molecular complexity index is 301. The molecule has 70 valence electrons. The second-order valence-electron chi connectivity index (χ2n) is 3.39. The van der Waals surface area contributed by atoms with Gasteiger partial charge in [-0.3, -0.25) is 0 Å². The predicted octanol–water partition coefficient (Wildman–Crippen LogP) is 1.82. The van der Waals surface area contributed by atoms with Gasteiger partial charge in [0.15, 0.2) is 0 Å². The van der Waals surface area contributed by atoms with E-state index in [1.165, 1.54) is 0 Å². The van der Waals surface area contributed by atoms with E-state index >= 15 is 0 Å². The van der Waals surface area contributed by atoms with Gasteiger partial charge in [-0.05, 0) is 18.6 Å². The quantitative estimate of drug-likeness (QED) is 0.668. The molecule has 0 amide bonds. The lowest BCUT2D eigenvalue weighted by Gasteiger charge is -2.19. The molecule has 1 aliphatic heterocycles. The average Bonchev–Trinajstić information content (AvgIpc) is 2.53. The Labute approximate surface area is 77.2 Å². The second-order valence-corrected chi connectivity index (χ2v) is 3.39. The van der Waals surface area contributed by atoms with Crippen LogP contribution in [0.5, 0.6) is 0 Å². The molecule has 1 saturated heterocycles. The van der Waals surface area contributed by atoms with Gasteiger partial charge in [0.05, 0.1) is 11.4 Å². The number of halogens is 1. The number of nitrogens with zero attached hydrogens (tertiary/aromatic N) is 1. The number of alkyl halides is 1. The molecule has 1 aliphatic rings. The van der Waals surface area contributed by atoms with Crippen molar-refractivity contribution in [2.75, 3.05) is 23.7 Å². The van der Waals surface area contributed by atoms with Crippen LogP contribution >= 0.6 is 0 Å². The normalized spacial score (nSPS) is 22.2. The third-order valence-corrected chi connectivity index (χ3v) is 2.41. The predicted molar refractivity (Wildman–Crippen MR) is 52.6 cm³/mol. The minimum absolute atomic E-state index is 0.480. The zero-order chi connectivity index (χ0) is 9.26. The van der Waals surface area contributed by atoms with Gasteiger partial charge in [-0.15, -0.1) is 0 Å². The Morgan fingerprint density at radius 3 is 2.77 bits per heavy atom. The van der Waals surface area contributed by atoms with Crippen LogP contribution in [-0.4, -0.2) is 19.3 Å². The minimum Gasteiger partial charge on any atom is -0.397 e. The smallest absolute Gasteiger partial charge is 0.119 e. The highest BCUT2D eigenvalue weighted by Crippen LogP contribution is 2.26. The maximum Gasteiger partial charge on any atom is 0.119 e. The molecule has 0 saturated carbocycles. The van der Waals surface area contributed by atoms with Gasteiger partial charge in [0.2, 0.25) is 0 Å². The summed E-state index contributed by atoms with van der Waals surface area (Å²) in [6, 6.07) is 7.60. The maximum absolute atomic E-state index is 12.9. The highest BCUT2D eigenvalue weighted by molar-refractivity contribution is 5.67. The Kier molecular flexibility index (Phi) is 2.08. The first-order valence-electron chi connectivity index (χ1n) is 4.51. The Balaban J connectivity index is 2.21. The van der Waals surface area contributed by atoms with Crippen LogP contribution in [0.25, 0.3) is 0 Å².